The van der Waals surface area contributed by atoms with E-state index in [4.69, 9.17) is 5.11 Å². The van der Waals surface area contributed by atoms with Gasteiger partial charge in [0.05, 0.1) is 12.1 Å². The highest BCUT2D eigenvalue weighted by Gasteiger charge is 2.27. The van der Waals surface area contributed by atoms with Gasteiger partial charge in [-0.3, -0.25) is 4.79 Å². The summed E-state index contributed by atoms with van der Waals surface area (Å²) in [5.41, 5.74) is 0.343. The van der Waals surface area contributed by atoms with E-state index in [0.717, 1.165) is 19.3 Å². The number of carboxylic acid groups (broad SMARTS) is 1. The van der Waals surface area contributed by atoms with Gasteiger partial charge in [-0.05, 0) is 25.7 Å². The molecule has 17 heavy (non-hydrogen) atoms. The van der Waals surface area contributed by atoms with E-state index in [0.29, 0.717) is 18.5 Å². The van der Waals surface area contributed by atoms with Crippen molar-refractivity contribution in [1.82, 2.24) is 4.90 Å². The molecule has 4 heteroatoms. The Morgan fingerprint density at radius 2 is 2.12 bits per heavy atom. The molecule has 0 saturated heterocycles. The van der Waals surface area contributed by atoms with Gasteiger partial charge < -0.3 is 10.0 Å². The van der Waals surface area contributed by atoms with Crippen LogP contribution in [0.3, 0.4) is 0 Å². The first kappa shape index (κ1) is 11.9. The standard InChI is InChI=1S/C13H17NO3/c15-12(10-5-2-1-3-6-10)14-8-4-7-11(9-14)13(16)17/h1-2,7,10H,3-6,8-9H2,(H,16,17)/t10-/m1/s1. The average Bonchev–Trinajstić information content (AvgIpc) is 2.39. The van der Waals surface area contributed by atoms with Crippen molar-refractivity contribution >= 4 is 11.9 Å². The minimum absolute atomic E-state index is 0.0492. The van der Waals surface area contributed by atoms with Crippen molar-refractivity contribution in [1.29, 1.82) is 0 Å². The molecule has 2 rings (SSSR count). The normalized spacial score (nSPS) is 24.4. The lowest BCUT2D eigenvalue weighted by Gasteiger charge is -2.30. The predicted molar refractivity (Wildman–Crippen MR) is 63.4 cm³/mol. The molecule has 0 spiro atoms. The van der Waals surface area contributed by atoms with Crippen molar-refractivity contribution in [2.75, 3.05) is 13.1 Å². The Balaban J connectivity index is 1.99. The molecule has 1 heterocycles. The van der Waals surface area contributed by atoms with E-state index < -0.39 is 5.97 Å². The molecule has 1 N–H and O–H groups in total. The number of carbonyl (C=O) groups excluding carboxylic acids is 1. The smallest absolute Gasteiger partial charge is 0.333 e. The molecule has 0 aromatic heterocycles. The van der Waals surface area contributed by atoms with Crippen LogP contribution in [-0.4, -0.2) is 35.0 Å². The monoisotopic (exact) mass is 235 g/mol. The van der Waals surface area contributed by atoms with E-state index in [2.05, 4.69) is 6.08 Å². The molecule has 4 nitrogen and oxygen atoms in total. The van der Waals surface area contributed by atoms with Gasteiger partial charge in [-0.1, -0.05) is 18.2 Å². The van der Waals surface area contributed by atoms with Crippen molar-refractivity contribution in [3.63, 3.8) is 0 Å². The van der Waals surface area contributed by atoms with E-state index in [1.807, 2.05) is 6.08 Å². The lowest BCUT2D eigenvalue weighted by molar-refractivity contribution is -0.137. The Hall–Kier alpha value is -1.58. The van der Waals surface area contributed by atoms with Crippen LogP contribution in [0, 0.1) is 5.92 Å². The zero-order valence-electron chi connectivity index (χ0n) is 9.76. The molecule has 92 valence electrons. The third-order valence-electron chi connectivity index (χ3n) is 3.36. The molecule has 0 unspecified atom stereocenters. The molecule has 0 fully saturated rings. The highest BCUT2D eigenvalue weighted by atomic mass is 16.4. The van der Waals surface area contributed by atoms with Crippen molar-refractivity contribution in [2.24, 2.45) is 5.92 Å². The van der Waals surface area contributed by atoms with Gasteiger partial charge in [-0.15, -0.1) is 0 Å². The topological polar surface area (TPSA) is 57.6 Å². The van der Waals surface area contributed by atoms with Crippen LogP contribution < -0.4 is 0 Å². The lowest BCUT2D eigenvalue weighted by Crippen LogP contribution is -2.41. The molecular formula is C13H17NO3. The zero-order chi connectivity index (χ0) is 12.3. The SMILES string of the molecule is O=C(O)C1=CCCN(C(=O)[C@@H]2CC=CCC2)C1. The van der Waals surface area contributed by atoms with Crippen molar-refractivity contribution in [3.05, 3.63) is 23.8 Å². The van der Waals surface area contributed by atoms with E-state index >= 15 is 0 Å². The first-order chi connectivity index (χ1) is 8.18. The molecule has 0 bridgehead atoms. The number of rotatable bonds is 2. The van der Waals surface area contributed by atoms with Gasteiger partial charge in [-0.25, -0.2) is 4.79 Å². The fraction of sp³-hybridized carbons (Fsp3) is 0.538. The summed E-state index contributed by atoms with van der Waals surface area (Å²) in [4.78, 5) is 24.8. The molecule has 0 radical (unpaired) electrons. The predicted octanol–water partition coefficient (Wildman–Crippen LogP) is 1.59. The zero-order valence-corrected chi connectivity index (χ0v) is 9.76. The van der Waals surface area contributed by atoms with Gasteiger partial charge >= 0.3 is 5.97 Å². The van der Waals surface area contributed by atoms with Crippen LogP contribution in [0.2, 0.25) is 0 Å². The summed E-state index contributed by atoms with van der Waals surface area (Å²) < 4.78 is 0. The van der Waals surface area contributed by atoms with Gasteiger partial charge in [0.1, 0.15) is 0 Å². The summed E-state index contributed by atoms with van der Waals surface area (Å²) in [7, 11) is 0. The highest BCUT2D eigenvalue weighted by molar-refractivity contribution is 5.89. The van der Waals surface area contributed by atoms with Crippen LogP contribution in [-0.2, 0) is 9.59 Å². The van der Waals surface area contributed by atoms with Gasteiger partial charge in [0.25, 0.3) is 0 Å². The van der Waals surface area contributed by atoms with E-state index in [1.54, 1.807) is 11.0 Å². The summed E-state index contributed by atoms with van der Waals surface area (Å²) in [6.07, 6.45) is 9.14. The molecule has 1 atom stereocenters. The number of nitrogens with zero attached hydrogens (tertiary/aromatic N) is 1. The van der Waals surface area contributed by atoms with E-state index in [-0.39, 0.29) is 18.4 Å². The second kappa shape index (κ2) is 5.17. The quantitative estimate of drug-likeness (QED) is 0.739. The average molecular weight is 235 g/mol. The maximum atomic E-state index is 12.2. The number of aliphatic carboxylic acids is 1. The number of carbonyl (C=O) groups is 2. The van der Waals surface area contributed by atoms with E-state index in [1.165, 1.54) is 0 Å². The lowest BCUT2D eigenvalue weighted by atomic mass is 9.92. The van der Waals surface area contributed by atoms with Crippen molar-refractivity contribution < 1.29 is 14.7 Å². The first-order valence-electron chi connectivity index (χ1n) is 6.04. The molecule has 0 aromatic rings. The number of hydrogen-bond acceptors (Lipinski definition) is 2. The Bertz CT molecular complexity index is 384. The fourth-order valence-corrected chi connectivity index (χ4v) is 2.36. The third kappa shape index (κ3) is 2.75. The number of amides is 1. The molecule has 2 aliphatic rings. The summed E-state index contributed by atoms with van der Waals surface area (Å²) in [5.74, 6) is -0.750. The summed E-state index contributed by atoms with van der Waals surface area (Å²) in [5, 5.41) is 8.93. The van der Waals surface area contributed by atoms with Crippen LogP contribution in [0.1, 0.15) is 25.7 Å². The Morgan fingerprint density at radius 3 is 2.76 bits per heavy atom. The minimum atomic E-state index is -0.911. The van der Waals surface area contributed by atoms with Crippen LogP contribution in [0.5, 0.6) is 0 Å². The Labute approximate surface area is 101 Å². The first-order valence-corrected chi connectivity index (χ1v) is 6.04. The summed E-state index contributed by atoms with van der Waals surface area (Å²) in [6, 6.07) is 0. The minimum Gasteiger partial charge on any atom is -0.478 e. The number of hydrogen-bond donors (Lipinski definition) is 1. The summed E-state index contributed by atoms with van der Waals surface area (Å²) in [6.45, 7) is 0.907. The fourth-order valence-electron chi connectivity index (χ4n) is 2.36. The third-order valence-corrected chi connectivity index (χ3v) is 3.36. The molecule has 1 amide bonds. The Kier molecular flexibility index (Phi) is 3.61. The van der Waals surface area contributed by atoms with Gasteiger partial charge in [-0.2, -0.15) is 0 Å². The maximum absolute atomic E-state index is 12.2. The van der Waals surface area contributed by atoms with Crippen LogP contribution in [0.4, 0.5) is 0 Å². The highest BCUT2D eigenvalue weighted by Crippen LogP contribution is 2.22. The largest absolute Gasteiger partial charge is 0.478 e. The summed E-state index contributed by atoms with van der Waals surface area (Å²) >= 11 is 0. The van der Waals surface area contributed by atoms with Gasteiger partial charge in [0, 0.05) is 12.5 Å². The van der Waals surface area contributed by atoms with Gasteiger partial charge in [0.15, 0.2) is 0 Å². The van der Waals surface area contributed by atoms with Crippen molar-refractivity contribution in [2.45, 2.75) is 25.7 Å². The number of allylic oxidation sites excluding steroid dienone is 2. The second-order valence-electron chi connectivity index (χ2n) is 4.56. The van der Waals surface area contributed by atoms with Crippen LogP contribution in [0.25, 0.3) is 0 Å². The molecule has 0 saturated carbocycles. The second-order valence-corrected chi connectivity index (χ2v) is 4.56. The maximum Gasteiger partial charge on any atom is 0.333 e. The molecular weight excluding hydrogens is 218 g/mol. The van der Waals surface area contributed by atoms with E-state index in [9.17, 15) is 9.59 Å². The van der Waals surface area contributed by atoms with Crippen LogP contribution >= 0.6 is 0 Å². The Morgan fingerprint density at radius 1 is 1.29 bits per heavy atom. The van der Waals surface area contributed by atoms with Gasteiger partial charge in [0.2, 0.25) is 5.91 Å². The molecule has 0 aromatic carbocycles. The molecule has 1 aliphatic carbocycles. The van der Waals surface area contributed by atoms with Crippen LogP contribution in [0.15, 0.2) is 23.8 Å². The molecule has 1 aliphatic heterocycles. The number of carboxylic acids is 1. The van der Waals surface area contributed by atoms with Crippen molar-refractivity contribution in [3.8, 4) is 0 Å².